The van der Waals surface area contributed by atoms with Crippen LogP contribution in [0.5, 0.6) is 11.5 Å². The van der Waals surface area contributed by atoms with Crippen molar-refractivity contribution in [3.05, 3.63) is 34.7 Å². The summed E-state index contributed by atoms with van der Waals surface area (Å²) in [6.07, 6.45) is 3.71. The van der Waals surface area contributed by atoms with Crippen LogP contribution in [0, 0.1) is 5.41 Å². The standard InChI is InChI=1S/C15H13ClN6O2/c16-11-9-5-23-14-12(19-6-20-13(14)15(17)21-22-18)8(9)3-4-10(11)24-7-1-2-7/h3-4,6-7H,1-2,5H2,(H3,17,18,21). The van der Waals surface area contributed by atoms with Gasteiger partial charge in [0, 0.05) is 11.1 Å². The largest absolute Gasteiger partial charge is 0.489 e. The average molecular weight is 345 g/mol. The Labute approximate surface area is 142 Å². The van der Waals surface area contributed by atoms with E-state index in [-0.39, 0.29) is 24.2 Å². The van der Waals surface area contributed by atoms with E-state index in [9.17, 15) is 0 Å². The van der Waals surface area contributed by atoms with E-state index in [1.165, 1.54) is 6.33 Å². The van der Waals surface area contributed by atoms with E-state index in [1.54, 1.807) is 0 Å². The Balaban J connectivity index is 1.80. The Morgan fingerprint density at radius 3 is 2.96 bits per heavy atom. The van der Waals surface area contributed by atoms with Crippen molar-refractivity contribution in [1.29, 1.82) is 5.41 Å². The molecule has 2 aromatic rings. The summed E-state index contributed by atoms with van der Waals surface area (Å²) in [4.78, 5) is 8.32. The van der Waals surface area contributed by atoms with E-state index in [2.05, 4.69) is 20.3 Å². The number of halogens is 1. The van der Waals surface area contributed by atoms with Gasteiger partial charge in [-0.05, 0) is 25.0 Å². The second kappa shape index (κ2) is 5.72. The van der Waals surface area contributed by atoms with Crippen LogP contribution in [0.3, 0.4) is 0 Å². The van der Waals surface area contributed by atoms with E-state index >= 15 is 0 Å². The second-order valence-corrected chi connectivity index (χ2v) is 5.85. The lowest BCUT2D eigenvalue weighted by Crippen LogP contribution is -2.13. The molecule has 0 saturated heterocycles. The lowest BCUT2D eigenvalue weighted by molar-refractivity contribution is 0.290. The highest BCUT2D eigenvalue weighted by atomic mass is 35.5. The first-order chi connectivity index (χ1) is 11.7. The molecule has 0 bridgehead atoms. The quantitative estimate of drug-likeness (QED) is 0.292. The molecular weight excluding hydrogens is 332 g/mol. The highest BCUT2D eigenvalue weighted by Gasteiger charge is 2.29. The van der Waals surface area contributed by atoms with Gasteiger partial charge in [-0.15, -0.1) is 5.11 Å². The zero-order valence-corrected chi connectivity index (χ0v) is 13.2. The second-order valence-electron chi connectivity index (χ2n) is 5.47. The summed E-state index contributed by atoms with van der Waals surface area (Å²) in [6, 6.07) is 3.73. The molecule has 3 N–H and O–H groups in total. The number of ether oxygens (including phenoxy) is 2. The van der Waals surface area contributed by atoms with E-state index in [1.807, 2.05) is 12.1 Å². The summed E-state index contributed by atoms with van der Waals surface area (Å²) in [5.74, 6) is 5.83. The van der Waals surface area contributed by atoms with Gasteiger partial charge in [-0.2, -0.15) is 0 Å². The lowest BCUT2D eigenvalue weighted by Gasteiger charge is -2.23. The number of nitrogens with one attached hydrogen (secondary N) is 1. The van der Waals surface area contributed by atoms with Crippen LogP contribution in [0.25, 0.3) is 11.3 Å². The zero-order chi connectivity index (χ0) is 16.7. The predicted octanol–water partition coefficient (Wildman–Crippen LogP) is 2.88. The number of aromatic nitrogens is 2. The molecule has 0 amide bonds. The van der Waals surface area contributed by atoms with E-state index in [0.29, 0.717) is 22.2 Å². The number of nitrogens with zero attached hydrogens (tertiary/aromatic N) is 4. The molecule has 2 aliphatic rings. The molecule has 1 aliphatic heterocycles. The first kappa shape index (κ1) is 14.8. The fourth-order valence-corrected chi connectivity index (χ4v) is 2.80. The molecule has 0 atom stereocenters. The summed E-state index contributed by atoms with van der Waals surface area (Å²) in [5.41, 5.74) is 2.41. The van der Waals surface area contributed by atoms with E-state index < -0.39 is 0 Å². The third-order valence-electron chi connectivity index (χ3n) is 3.83. The van der Waals surface area contributed by atoms with Gasteiger partial charge in [0.1, 0.15) is 24.4 Å². The molecular formula is C15H13ClN6O2. The monoisotopic (exact) mass is 344 g/mol. The van der Waals surface area contributed by atoms with Gasteiger partial charge in [-0.3, -0.25) is 5.41 Å². The van der Waals surface area contributed by atoms with Crippen molar-refractivity contribution < 1.29 is 9.47 Å². The van der Waals surface area contributed by atoms with E-state index in [0.717, 1.165) is 24.0 Å². The minimum atomic E-state index is -0.195. The molecule has 1 aromatic carbocycles. The molecule has 1 aliphatic carbocycles. The number of hydrogen-bond donors (Lipinski definition) is 2. The van der Waals surface area contributed by atoms with Crippen molar-refractivity contribution in [2.24, 2.45) is 16.2 Å². The molecule has 24 heavy (non-hydrogen) atoms. The van der Waals surface area contributed by atoms with Crippen molar-refractivity contribution in [3.63, 3.8) is 0 Å². The molecule has 1 saturated carbocycles. The lowest BCUT2D eigenvalue weighted by atomic mass is 10.0. The Morgan fingerprint density at radius 2 is 2.21 bits per heavy atom. The van der Waals surface area contributed by atoms with Crippen LogP contribution >= 0.6 is 11.6 Å². The number of benzene rings is 1. The smallest absolute Gasteiger partial charge is 0.198 e. The van der Waals surface area contributed by atoms with E-state index in [4.69, 9.17) is 32.3 Å². The molecule has 0 radical (unpaired) electrons. The van der Waals surface area contributed by atoms with Gasteiger partial charge >= 0.3 is 0 Å². The number of nitrogens with two attached hydrogens (primary N) is 1. The maximum atomic E-state index is 7.86. The Bertz CT molecular complexity index is 865. The Morgan fingerprint density at radius 1 is 1.38 bits per heavy atom. The van der Waals surface area contributed by atoms with Gasteiger partial charge in [0.15, 0.2) is 17.3 Å². The first-order valence-corrected chi connectivity index (χ1v) is 7.73. The normalized spacial score (nSPS) is 15.5. The molecule has 9 heteroatoms. The number of fused-ring (bicyclic) bond motifs is 3. The van der Waals surface area contributed by atoms with Crippen molar-refractivity contribution in [3.8, 4) is 22.8 Å². The summed E-state index contributed by atoms with van der Waals surface area (Å²) >= 11 is 6.48. The Hall–Kier alpha value is -2.74. The number of hydrogen-bond acceptors (Lipinski definition) is 6. The van der Waals surface area contributed by atoms with Crippen molar-refractivity contribution in [2.75, 3.05) is 0 Å². The van der Waals surface area contributed by atoms with Crippen LogP contribution in [0.2, 0.25) is 5.02 Å². The molecule has 4 rings (SSSR count). The number of rotatable bonds is 3. The van der Waals surface area contributed by atoms with Gasteiger partial charge in [-0.25, -0.2) is 9.97 Å². The summed E-state index contributed by atoms with van der Waals surface area (Å²) in [5, 5.41) is 15.0. The van der Waals surface area contributed by atoms with Crippen LogP contribution in [0.15, 0.2) is 28.8 Å². The predicted molar refractivity (Wildman–Crippen MR) is 86.3 cm³/mol. The van der Waals surface area contributed by atoms with Crippen LogP contribution in [0.4, 0.5) is 0 Å². The average Bonchev–Trinajstić information content (AvgIpc) is 3.41. The van der Waals surface area contributed by atoms with Crippen LogP contribution < -0.4 is 15.3 Å². The molecule has 122 valence electrons. The fraction of sp³-hybridized carbons (Fsp3) is 0.267. The van der Waals surface area contributed by atoms with Crippen molar-refractivity contribution >= 4 is 17.4 Å². The fourth-order valence-electron chi connectivity index (χ4n) is 2.54. The molecule has 1 fully saturated rings. The minimum Gasteiger partial charge on any atom is -0.489 e. The maximum absolute atomic E-state index is 7.86. The minimum absolute atomic E-state index is 0.195. The summed E-state index contributed by atoms with van der Waals surface area (Å²) in [7, 11) is 0. The topological polar surface area (TPSA) is 119 Å². The van der Waals surface area contributed by atoms with Crippen LogP contribution in [-0.4, -0.2) is 21.9 Å². The SMILES string of the molecule is N=C(N=NN)c1ncnc2c1OCc1c-2ccc(OC2CC2)c1Cl. The van der Waals surface area contributed by atoms with Gasteiger partial charge in [-0.1, -0.05) is 16.8 Å². The highest BCUT2D eigenvalue weighted by molar-refractivity contribution is 6.33. The highest BCUT2D eigenvalue weighted by Crippen LogP contribution is 2.44. The molecule has 2 heterocycles. The summed E-state index contributed by atoms with van der Waals surface area (Å²) < 4.78 is 11.6. The van der Waals surface area contributed by atoms with Crippen molar-refractivity contribution in [2.45, 2.75) is 25.6 Å². The molecule has 0 unspecified atom stereocenters. The van der Waals surface area contributed by atoms with Crippen LogP contribution in [0.1, 0.15) is 24.1 Å². The maximum Gasteiger partial charge on any atom is 0.198 e. The number of amidine groups is 1. The first-order valence-electron chi connectivity index (χ1n) is 7.35. The van der Waals surface area contributed by atoms with Crippen molar-refractivity contribution in [1.82, 2.24) is 9.97 Å². The van der Waals surface area contributed by atoms with Crippen LogP contribution in [-0.2, 0) is 6.61 Å². The summed E-state index contributed by atoms with van der Waals surface area (Å²) in [6.45, 7) is 0.233. The third-order valence-corrected chi connectivity index (χ3v) is 4.24. The van der Waals surface area contributed by atoms with Gasteiger partial charge in [0.25, 0.3) is 0 Å². The van der Waals surface area contributed by atoms with Gasteiger partial charge in [0.05, 0.1) is 11.1 Å². The molecule has 8 nitrogen and oxygen atoms in total. The molecule has 0 spiro atoms. The van der Waals surface area contributed by atoms with Gasteiger partial charge in [0.2, 0.25) is 0 Å². The molecule has 1 aromatic heterocycles. The third kappa shape index (κ3) is 2.44. The Kier molecular flexibility index (Phi) is 3.53. The van der Waals surface area contributed by atoms with Gasteiger partial charge < -0.3 is 15.3 Å². The zero-order valence-electron chi connectivity index (χ0n) is 12.5.